The standard InChI is InChI=1S/C12H10N2O5/c1-6-9-5-8(14(17)18)3-4-10(9)19-12(15)11(6)7(2)13-16/h3-5,16H,1-2H3. The van der Waals surface area contributed by atoms with Crippen LogP contribution in [0.2, 0.25) is 0 Å². The van der Waals surface area contributed by atoms with Crippen molar-refractivity contribution in [2.45, 2.75) is 13.8 Å². The number of hydrogen-bond acceptors (Lipinski definition) is 6. The Morgan fingerprint density at radius 1 is 1.47 bits per heavy atom. The molecule has 0 fully saturated rings. The van der Waals surface area contributed by atoms with Crippen LogP contribution in [0.5, 0.6) is 0 Å². The first-order chi connectivity index (χ1) is 8.95. The summed E-state index contributed by atoms with van der Waals surface area (Å²) >= 11 is 0. The molecule has 0 atom stereocenters. The molecule has 0 aliphatic heterocycles. The van der Waals surface area contributed by atoms with Crippen LogP contribution >= 0.6 is 0 Å². The minimum Gasteiger partial charge on any atom is -0.422 e. The molecule has 0 saturated heterocycles. The van der Waals surface area contributed by atoms with Gasteiger partial charge in [-0.15, -0.1) is 0 Å². The molecule has 0 spiro atoms. The highest BCUT2D eigenvalue weighted by Crippen LogP contribution is 2.24. The van der Waals surface area contributed by atoms with E-state index >= 15 is 0 Å². The maximum Gasteiger partial charge on any atom is 0.345 e. The molecule has 0 aliphatic rings. The van der Waals surface area contributed by atoms with Gasteiger partial charge in [0.25, 0.3) is 5.69 Å². The Balaban J connectivity index is 2.88. The number of benzene rings is 1. The fraction of sp³-hybridized carbons (Fsp3) is 0.167. The Kier molecular flexibility index (Phi) is 3.04. The van der Waals surface area contributed by atoms with Crippen molar-refractivity contribution in [3.8, 4) is 0 Å². The van der Waals surface area contributed by atoms with Crippen molar-refractivity contribution in [3.05, 3.63) is 49.9 Å². The van der Waals surface area contributed by atoms with Crippen LogP contribution in [0.25, 0.3) is 11.0 Å². The van der Waals surface area contributed by atoms with Gasteiger partial charge in [0.05, 0.1) is 16.2 Å². The normalized spacial score (nSPS) is 11.8. The SMILES string of the molecule is CC(=NO)c1c(C)c2cc([N+](=O)[O-])ccc2oc1=O. The molecule has 0 aliphatic carbocycles. The largest absolute Gasteiger partial charge is 0.422 e. The number of rotatable bonds is 2. The number of fused-ring (bicyclic) bond motifs is 1. The quantitative estimate of drug-likeness (QED) is 0.293. The van der Waals surface area contributed by atoms with Gasteiger partial charge in [0, 0.05) is 17.5 Å². The Morgan fingerprint density at radius 3 is 2.74 bits per heavy atom. The van der Waals surface area contributed by atoms with E-state index in [1.54, 1.807) is 6.92 Å². The van der Waals surface area contributed by atoms with Gasteiger partial charge in [-0.3, -0.25) is 10.1 Å². The van der Waals surface area contributed by atoms with Crippen LogP contribution in [-0.4, -0.2) is 15.8 Å². The van der Waals surface area contributed by atoms with E-state index in [1.807, 2.05) is 0 Å². The topological polar surface area (TPSA) is 106 Å². The molecule has 0 saturated carbocycles. The van der Waals surface area contributed by atoms with E-state index in [-0.39, 0.29) is 22.5 Å². The van der Waals surface area contributed by atoms with Gasteiger partial charge in [-0.1, -0.05) is 5.16 Å². The van der Waals surface area contributed by atoms with Gasteiger partial charge >= 0.3 is 5.63 Å². The molecule has 0 amide bonds. The van der Waals surface area contributed by atoms with Crippen LogP contribution < -0.4 is 5.63 Å². The first-order valence-electron chi connectivity index (χ1n) is 5.36. The fourth-order valence-electron chi connectivity index (χ4n) is 1.92. The molecule has 2 rings (SSSR count). The molecule has 7 heteroatoms. The number of non-ortho nitro benzene ring substituents is 1. The molecule has 7 nitrogen and oxygen atoms in total. The summed E-state index contributed by atoms with van der Waals surface area (Å²) in [5, 5.41) is 22.9. The summed E-state index contributed by atoms with van der Waals surface area (Å²) in [7, 11) is 0. The van der Waals surface area contributed by atoms with Crippen LogP contribution in [-0.2, 0) is 0 Å². The van der Waals surface area contributed by atoms with Crippen LogP contribution in [0.3, 0.4) is 0 Å². The van der Waals surface area contributed by atoms with E-state index in [0.717, 1.165) is 0 Å². The number of hydrogen-bond donors (Lipinski definition) is 1. The van der Waals surface area contributed by atoms with Crippen molar-refractivity contribution in [2.75, 3.05) is 0 Å². The number of aryl methyl sites for hydroxylation is 1. The minimum absolute atomic E-state index is 0.0969. The average Bonchev–Trinajstić information content (AvgIpc) is 2.37. The van der Waals surface area contributed by atoms with Crippen molar-refractivity contribution in [1.29, 1.82) is 0 Å². The average molecular weight is 262 g/mol. The summed E-state index contributed by atoms with van der Waals surface area (Å²) in [6.45, 7) is 3.06. The van der Waals surface area contributed by atoms with Crippen LogP contribution in [0.15, 0.2) is 32.6 Å². The van der Waals surface area contributed by atoms with E-state index in [4.69, 9.17) is 9.62 Å². The summed E-state index contributed by atoms with van der Waals surface area (Å²) in [6.07, 6.45) is 0. The lowest BCUT2D eigenvalue weighted by Gasteiger charge is -2.06. The molecule has 98 valence electrons. The minimum atomic E-state index is -0.644. The molecule has 1 aromatic carbocycles. The fourth-order valence-corrected chi connectivity index (χ4v) is 1.92. The van der Waals surface area contributed by atoms with E-state index in [0.29, 0.717) is 10.9 Å². The van der Waals surface area contributed by atoms with E-state index in [9.17, 15) is 14.9 Å². The first-order valence-corrected chi connectivity index (χ1v) is 5.36. The lowest BCUT2D eigenvalue weighted by molar-refractivity contribution is -0.384. The molecule has 1 heterocycles. The molecule has 1 N–H and O–H groups in total. The van der Waals surface area contributed by atoms with Gasteiger partial charge in [0.2, 0.25) is 0 Å². The zero-order chi connectivity index (χ0) is 14.2. The Labute approximate surface area is 106 Å². The second kappa shape index (κ2) is 4.52. The van der Waals surface area contributed by atoms with Crippen molar-refractivity contribution < 1.29 is 14.5 Å². The summed E-state index contributed by atoms with van der Waals surface area (Å²) in [6, 6.07) is 3.95. The summed E-state index contributed by atoms with van der Waals surface area (Å²) in [5.74, 6) is 0. The van der Waals surface area contributed by atoms with Crippen LogP contribution in [0.1, 0.15) is 18.1 Å². The van der Waals surface area contributed by atoms with Gasteiger partial charge < -0.3 is 9.62 Å². The lowest BCUT2D eigenvalue weighted by Crippen LogP contribution is -2.15. The van der Waals surface area contributed by atoms with Crippen LogP contribution in [0, 0.1) is 17.0 Å². The number of nitro benzene ring substituents is 1. The number of nitrogens with zero attached hydrogens (tertiary/aromatic N) is 2. The monoisotopic (exact) mass is 262 g/mol. The highest BCUT2D eigenvalue weighted by Gasteiger charge is 2.16. The Hall–Kier alpha value is -2.70. The third kappa shape index (κ3) is 2.05. The predicted octanol–water partition coefficient (Wildman–Crippen LogP) is 2.21. The highest BCUT2D eigenvalue weighted by atomic mass is 16.6. The highest BCUT2D eigenvalue weighted by molar-refractivity contribution is 6.02. The van der Waals surface area contributed by atoms with E-state index in [2.05, 4.69) is 5.16 Å². The molecule has 2 aromatic rings. The molecule has 0 unspecified atom stereocenters. The molecular weight excluding hydrogens is 252 g/mol. The van der Waals surface area contributed by atoms with Crippen LogP contribution in [0.4, 0.5) is 5.69 Å². The summed E-state index contributed by atoms with van der Waals surface area (Å²) in [4.78, 5) is 22.0. The smallest absolute Gasteiger partial charge is 0.345 e. The first kappa shape index (κ1) is 12.7. The van der Waals surface area contributed by atoms with Crippen molar-refractivity contribution in [3.63, 3.8) is 0 Å². The Bertz CT molecular complexity index is 761. The molecule has 0 radical (unpaired) electrons. The summed E-state index contributed by atoms with van der Waals surface area (Å²) in [5.41, 5.74) is 0.186. The molecule has 19 heavy (non-hydrogen) atoms. The van der Waals surface area contributed by atoms with Gasteiger partial charge in [-0.05, 0) is 25.5 Å². The van der Waals surface area contributed by atoms with Gasteiger partial charge in [0.15, 0.2) is 0 Å². The lowest BCUT2D eigenvalue weighted by atomic mass is 10.0. The zero-order valence-electron chi connectivity index (χ0n) is 10.2. The molecular formula is C12H10N2O5. The number of oxime groups is 1. The Morgan fingerprint density at radius 2 is 2.16 bits per heavy atom. The second-order valence-corrected chi connectivity index (χ2v) is 4.01. The zero-order valence-corrected chi connectivity index (χ0v) is 10.2. The maximum absolute atomic E-state index is 11.8. The maximum atomic E-state index is 11.8. The van der Waals surface area contributed by atoms with E-state index < -0.39 is 10.5 Å². The molecule has 0 bridgehead atoms. The van der Waals surface area contributed by atoms with Crippen molar-refractivity contribution in [2.24, 2.45) is 5.16 Å². The molecule has 1 aromatic heterocycles. The van der Waals surface area contributed by atoms with Gasteiger partial charge in [-0.2, -0.15) is 0 Å². The van der Waals surface area contributed by atoms with E-state index in [1.165, 1.54) is 25.1 Å². The third-order valence-electron chi connectivity index (χ3n) is 2.87. The van der Waals surface area contributed by atoms with Gasteiger partial charge in [-0.25, -0.2) is 4.79 Å². The number of nitro groups is 1. The van der Waals surface area contributed by atoms with Crippen molar-refractivity contribution >= 4 is 22.4 Å². The second-order valence-electron chi connectivity index (χ2n) is 4.01. The third-order valence-corrected chi connectivity index (χ3v) is 2.87. The summed E-state index contributed by atoms with van der Waals surface area (Å²) < 4.78 is 5.06. The van der Waals surface area contributed by atoms with Gasteiger partial charge in [0.1, 0.15) is 5.58 Å². The predicted molar refractivity (Wildman–Crippen MR) is 67.9 cm³/mol. The van der Waals surface area contributed by atoms with Crippen molar-refractivity contribution in [1.82, 2.24) is 0 Å².